The summed E-state index contributed by atoms with van der Waals surface area (Å²) in [7, 11) is 0. The molecule has 3 heterocycles. The molecule has 2 saturated heterocycles. The summed E-state index contributed by atoms with van der Waals surface area (Å²) in [6.45, 7) is -0.354. The summed E-state index contributed by atoms with van der Waals surface area (Å²) < 4.78 is 26.7. The Bertz CT molecular complexity index is 804. The minimum absolute atomic E-state index is 0.205. The van der Waals surface area contributed by atoms with Crippen molar-refractivity contribution in [1.82, 2.24) is 14.6 Å². The lowest BCUT2D eigenvalue weighted by Gasteiger charge is -2.25. The second-order valence-electron chi connectivity index (χ2n) is 6.21. The SMILES string of the molecule is Cc1cn([C@H]2C[C@H](O)[C@@H](CO)O2)c(=O)[nH]c1=O.O=P(O)(S)ON1CCOCC1. The van der Waals surface area contributed by atoms with Crippen molar-refractivity contribution in [1.29, 1.82) is 0 Å². The molecular formula is C14H24N3O9PS. The zero-order chi connectivity index (χ0) is 20.9. The number of ether oxygens (including phenoxy) is 2. The number of nitrogens with one attached hydrogen (secondary N) is 1. The number of aromatic nitrogens is 2. The Morgan fingerprint density at radius 2 is 2.04 bits per heavy atom. The van der Waals surface area contributed by atoms with Crippen molar-refractivity contribution < 1.29 is 33.8 Å². The number of hydrogen-bond acceptors (Lipinski definition) is 9. The van der Waals surface area contributed by atoms with Crippen molar-refractivity contribution in [2.45, 2.75) is 31.8 Å². The Kier molecular flexibility index (Phi) is 8.43. The fourth-order valence-electron chi connectivity index (χ4n) is 2.63. The Labute approximate surface area is 165 Å². The van der Waals surface area contributed by atoms with E-state index in [2.05, 4.69) is 21.9 Å². The Balaban J connectivity index is 0.000000221. The number of hydroxylamine groups is 2. The van der Waals surface area contributed by atoms with Gasteiger partial charge in [-0.2, -0.15) is 5.06 Å². The average Bonchev–Trinajstić information content (AvgIpc) is 2.99. The average molecular weight is 441 g/mol. The smallest absolute Gasteiger partial charge is 0.394 e. The molecule has 1 unspecified atom stereocenters. The van der Waals surface area contributed by atoms with E-state index in [1.54, 1.807) is 6.92 Å². The molecule has 0 radical (unpaired) electrons. The van der Waals surface area contributed by atoms with Gasteiger partial charge in [-0.1, -0.05) is 12.2 Å². The van der Waals surface area contributed by atoms with E-state index >= 15 is 0 Å². The van der Waals surface area contributed by atoms with Gasteiger partial charge in [0.15, 0.2) is 0 Å². The molecule has 0 spiro atoms. The van der Waals surface area contributed by atoms with Crippen molar-refractivity contribution in [3.63, 3.8) is 0 Å². The predicted octanol–water partition coefficient (Wildman–Crippen LogP) is -1.23. The molecule has 4 N–H and O–H groups in total. The molecule has 160 valence electrons. The molecule has 0 aliphatic carbocycles. The number of thiol groups is 1. The van der Waals surface area contributed by atoms with Gasteiger partial charge in [0, 0.05) is 31.3 Å². The third kappa shape index (κ3) is 6.79. The molecule has 0 amide bonds. The monoisotopic (exact) mass is 441 g/mol. The first-order valence-corrected chi connectivity index (χ1v) is 11.2. The number of aliphatic hydroxyl groups is 2. The van der Waals surface area contributed by atoms with E-state index in [0.717, 1.165) is 0 Å². The molecule has 3 rings (SSSR count). The van der Waals surface area contributed by atoms with Crippen LogP contribution in [0.5, 0.6) is 0 Å². The maximum Gasteiger partial charge on any atom is 0.400 e. The number of aromatic amines is 1. The molecule has 14 heteroatoms. The van der Waals surface area contributed by atoms with Crippen LogP contribution in [0.4, 0.5) is 0 Å². The van der Waals surface area contributed by atoms with Crippen LogP contribution in [0.3, 0.4) is 0 Å². The van der Waals surface area contributed by atoms with Gasteiger partial charge < -0.3 is 24.6 Å². The molecule has 1 aromatic rings. The number of rotatable bonds is 4. The molecule has 0 bridgehead atoms. The van der Waals surface area contributed by atoms with Crippen molar-refractivity contribution in [3.8, 4) is 0 Å². The lowest BCUT2D eigenvalue weighted by molar-refractivity contribution is -0.120. The van der Waals surface area contributed by atoms with E-state index in [9.17, 15) is 19.3 Å². The van der Waals surface area contributed by atoms with Crippen molar-refractivity contribution in [2.75, 3.05) is 32.9 Å². The standard InChI is InChI=1S/C10H14N2O5.C4H10NO4PS/c1-5-3-12(10(16)11-9(5)15)8-2-6(14)7(4-13)17-8;6-10(7,11)9-5-1-3-8-4-2-5/h3,6-8,13-14H,2,4H2,1H3,(H,11,15,16);1-4H2,(H2,6,7,11)/t6-,7+,8+;/m0./s1. The first-order valence-electron chi connectivity index (χ1n) is 8.45. The summed E-state index contributed by atoms with van der Waals surface area (Å²) in [5.41, 5.74) is -0.643. The zero-order valence-electron chi connectivity index (χ0n) is 15.1. The van der Waals surface area contributed by atoms with Crippen LogP contribution < -0.4 is 11.2 Å². The van der Waals surface area contributed by atoms with E-state index < -0.39 is 36.5 Å². The minimum atomic E-state index is -3.67. The number of aryl methyl sites for hydroxylation is 1. The fourth-order valence-corrected chi connectivity index (χ4v) is 3.40. The number of hydrogen-bond donors (Lipinski definition) is 5. The second kappa shape index (κ2) is 10.1. The van der Waals surface area contributed by atoms with Gasteiger partial charge in [0.25, 0.3) is 5.56 Å². The van der Waals surface area contributed by atoms with Gasteiger partial charge in [-0.15, -0.1) is 0 Å². The summed E-state index contributed by atoms with van der Waals surface area (Å²) >= 11 is 3.37. The van der Waals surface area contributed by atoms with Crippen LogP contribution in [-0.4, -0.2) is 74.8 Å². The van der Waals surface area contributed by atoms with Crippen molar-refractivity contribution >= 4 is 19.0 Å². The van der Waals surface area contributed by atoms with E-state index in [0.29, 0.717) is 31.9 Å². The first kappa shape index (κ1) is 23.3. The quantitative estimate of drug-likeness (QED) is 0.282. The van der Waals surface area contributed by atoms with Gasteiger partial charge in [0.1, 0.15) is 12.3 Å². The molecule has 0 saturated carbocycles. The van der Waals surface area contributed by atoms with Crippen molar-refractivity contribution in [2.24, 2.45) is 0 Å². The molecule has 0 aromatic carbocycles. The normalized spacial score (nSPS) is 27.7. The maximum absolute atomic E-state index is 11.6. The summed E-state index contributed by atoms with van der Waals surface area (Å²) in [6.07, 6.45) is -0.581. The number of nitrogens with zero attached hydrogens (tertiary/aromatic N) is 2. The highest BCUT2D eigenvalue weighted by Gasteiger charge is 2.35. The largest absolute Gasteiger partial charge is 0.400 e. The number of aliphatic hydroxyl groups excluding tert-OH is 2. The van der Waals surface area contributed by atoms with Gasteiger partial charge in [-0.25, -0.2) is 14.0 Å². The summed E-state index contributed by atoms with van der Waals surface area (Å²) in [5.74, 6) is 0. The van der Waals surface area contributed by atoms with Crippen LogP contribution in [0.15, 0.2) is 15.8 Å². The summed E-state index contributed by atoms with van der Waals surface area (Å²) in [6, 6.07) is 0. The molecule has 28 heavy (non-hydrogen) atoms. The Morgan fingerprint density at radius 3 is 2.57 bits per heavy atom. The lowest BCUT2D eigenvalue weighted by atomic mass is 10.2. The highest BCUT2D eigenvalue weighted by Crippen LogP contribution is 2.47. The Hall–Kier alpha value is -1.02. The second-order valence-corrected chi connectivity index (χ2v) is 8.87. The maximum atomic E-state index is 11.6. The van der Waals surface area contributed by atoms with Crippen LogP contribution in [0.1, 0.15) is 18.2 Å². The van der Waals surface area contributed by atoms with E-state index in [4.69, 9.17) is 19.5 Å². The van der Waals surface area contributed by atoms with Crippen LogP contribution in [0.25, 0.3) is 0 Å². The van der Waals surface area contributed by atoms with Crippen LogP contribution in [0, 0.1) is 6.92 Å². The Morgan fingerprint density at radius 1 is 1.39 bits per heavy atom. The van der Waals surface area contributed by atoms with Gasteiger partial charge in [-0.3, -0.25) is 14.3 Å². The lowest BCUT2D eigenvalue weighted by Crippen LogP contribution is -2.35. The number of H-pyrrole nitrogens is 1. The molecule has 12 nitrogen and oxygen atoms in total. The van der Waals surface area contributed by atoms with Crippen LogP contribution in [0.2, 0.25) is 0 Å². The van der Waals surface area contributed by atoms with Gasteiger partial charge >= 0.3 is 12.5 Å². The molecule has 2 aliphatic heterocycles. The molecule has 1 aromatic heterocycles. The summed E-state index contributed by atoms with van der Waals surface area (Å²) in [4.78, 5) is 33.6. The van der Waals surface area contributed by atoms with E-state index in [-0.39, 0.29) is 13.0 Å². The first-order chi connectivity index (χ1) is 13.1. The third-order valence-electron chi connectivity index (χ3n) is 4.03. The van der Waals surface area contributed by atoms with Gasteiger partial charge in [0.2, 0.25) is 0 Å². The molecule has 2 fully saturated rings. The van der Waals surface area contributed by atoms with E-state index in [1.165, 1.54) is 15.8 Å². The fraction of sp³-hybridized carbons (Fsp3) is 0.714. The molecule has 4 atom stereocenters. The highest BCUT2D eigenvalue weighted by molar-refractivity contribution is 8.44. The topological polar surface area (TPSA) is 164 Å². The summed E-state index contributed by atoms with van der Waals surface area (Å²) in [5, 5.41) is 19.9. The van der Waals surface area contributed by atoms with Crippen molar-refractivity contribution in [3.05, 3.63) is 32.6 Å². The van der Waals surface area contributed by atoms with Crippen LogP contribution >= 0.6 is 19.0 Å². The molecule has 2 aliphatic rings. The highest BCUT2D eigenvalue weighted by atomic mass is 32.7. The number of morpholine rings is 1. The predicted molar refractivity (Wildman–Crippen MR) is 100.0 cm³/mol. The van der Waals surface area contributed by atoms with E-state index in [1.807, 2.05) is 0 Å². The zero-order valence-corrected chi connectivity index (χ0v) is 16.9. The molecular weight excluding hydrogens is 417 g/mol. The van der Waals surface area contributed by atoms with Gasteiger partial charge in [-0.05, 0) is 6.92 Å². The minimum Gasteiger partial charge on any atom is -0.394 e. The third-order valence-corrected chi connectivity index (χ3v) is 4.69. The van der Waals surface area contributed by atoms with Gasteiger partial charge in [0.05, 0.1) is 25.9 Å². The van der Waals surface area contributed by atoms with Crippen LogP contribution in [-0.2, 0) is 18.7 Å².